The third kappa shape index (κ3) is 1.71. The molecule has 2 rings (SSSR count). The highest BCUT2D eigenvalue weighted by Gasteiger charge is 2.29. The van der Waals surface area contributed by atoms with E-state index in [1.54, 1.807) is 12.4 Å². The van der Waals surface area contributed by atoms with Gasteiger partial charge >= 0.3 is 0 Å². The molecule has 0 aromatic carbocycles. The highest BCUT2D eigenvalue weighted by Crippen LogP contribution is 2.28. The molecule has 2 heterocycles. The van der Waals surface area contributed by atoms with Gasteiger partial charge in [-0.3, -0.25) is 4.98 Å². The average molecular weight is 178 g/mol. The van der Waals surface area contributed by atoms with E-state index in [2.05, 4.69) is 4.98 Å². The second-order valence-corrected chi connectivity index (χ2v) is 3.50. The van der Waals surface area contributed by atoms with Gasteiger partial charge in [-0.1, -0.05) is 0 Å². The molecule has 3 nitrogen and oxygen atoms in total. The van der Waals surface area contributed by atoms with Crippen LogP contribution in [0.4, 0.5) is 0 Å². The third-order valence-corrected chi connectivity index (χ3v) is 2.64. The maximum absolute atomic E-state index is 6.27. The van der Waals surface area contributed by atoms with Gasteiger partial charge in [-0.25, -0.2) is 0 Å². The lowest BCUT2D eigenvalue weighted by Gasteiger charge is -2.33. The van der Waals surface area contributed by atoms with Gasteiger partial charge in [0, 0.05) is 31.1 Å². The first-order chi connectivity index (χ1) is 6.31. The van der Waals surface area contributed by atoms with Gasteiger partial charge in [-0.15, -0.1) is 0 Å². The number of ether oxygens (including phenoxy) is 1. The molecule has 0 saturated carbocycles. The van der Waals surface area contributed by atoms with Crippen LogP contribution < -0.4 is 5.73 Å². The molecule has 0 aliphatic carbocycles. The molecule has 0 spiro atoms. The topological polar surface area (TPSA) is 48.1 Å². The lowest BCUT2D eigenvalue weighted by Crippen LogP contribution is -2.42. The summed E-state index contributed by atoms with van der Waals surface area (Å²) in [7, 11) is 0. The fourth-order valence-electron chi connectivity index (χ4n) is 1.71. The monoisotopic (exact) mass is 178 g/mol. The summed E-state index contributed by atoms with van der Waals surface area (Å²) in [6, 6.07) is 3.98. The van der Waals surface area contributed by atoms with Crippen molar-refractivity contribution in [3.63, 3.8) is 0 Å². The maximum Gasteiger partial charge on any atom is 0.0486 e. The molecule has 70 valence electrons. The first kappa shape index (κ1) is 8.66. The van der Waals surface area contributed by atoms with Crippen LogP contribution in [0.5, 0.6) is 0 Å². The van der Waals surface area contributed by atoms with Crippen LogP contribution in [0.15, 0.2) is 24.5 Å². The summed E-state index contributed by atoms with van der Waals surface area (Å²) in [6.07, 6.45) is 5.38. The normalized spacial score (nSPS) is 21.3. The summed E-state index contributed by atoms with van der Waals surface area (Å²) in [6.45, 7) is 1.53. The standard InChI is InChI=1S/C10H14N2O/c11-10(3-7-13-8-4-10)9-1-5-12-6-2-9/h1-2,5-6H,3-4,7-8,11H2. The predicted octanol–water partition coefficient (Wildman–Crippen LogP) is 1.05. The Morgan fingerprint density at radius 3 is 2.46 bits per heavy atom. The van der Waals surface area contributed by atoms with Gasteiger partial charge in [0.2, 0.25) is 0 Å². The fraction of sp³-hybridized carbons (Fsp3) is 0.500. The van der Waals surface area contributed by atoms with E-state index in [0.29, 0.717) is 0 Å². The van der Waals surface area contributed by atoms with Crippen LogP contribution in [0.3, 0.4) is 0 Å². The molecule has 0 radical (unpaired) electrons. The average Bonchev–Trinajstić information content (AvgIpc) is 2.20. The van der Waals surface area contributed by atoms with E-state index in [9.17, 15) is 0 Å². The van der Waals surface area contributed by atoms with Crippen molar-refractivity contribution >= 4 is 0 Å². The van der Waals surface area contributed by atoms with Crippen LogP contribution in [-0.4, -0.2) is 18.2 Å². The molecule has 1 fully saturated rings. The Labute approximate surface area is 77.9 Å². The molecule has 1 saturated heterocycles. The molecule has 1 aromatic heterocycles. The van der Waals surface area contributed by atoms with Crippen LogP contribution in [0.25, 0.3) is 0 Å². The van der Waals surface area contributed by atoms with Crippen molar-refractivity contribution < 1.29 is 4.74 Å². The first-order valence-corrected chi connectivity index (χ1v) is 4.58. The zero-order valence-corrected chi connectivity index (χ0v) is 7.57. The molecule has 2 N–H and O–H groups in total. The van der Waals surface area contributed by atoms with Gasteiger partial charge < -0.3 is 10.5 Å². The molecular weight excluding hydrogens is 164 g/mol. The van der Waals surface area contributed by atoms with E-state index in [-0.39, 0.29) is 5.54 Å². The summed E-state index contributed by atoms with van der Waals surface area (Å²) in [5, 5.41) is 0. The molecule has 0 atom stereocenters. The van der Waals surface area contributed by atoms with E-state index < -0.39 is 0 Å². The van der Waals surface area contributed by atoms with Gasteiger partial charge in [-0.05, 0) is 30.5 Å². The Balaban J connectivity index is 2.23. The van der Waals surface area contributed by atoms with Crippen molar-refractivity contribution in [2.45, 2.75) is 18.4 Å². The Morgan fingerprint density at radius 1 is 1.23 bits per heavy atom. The predicted molar refractivity (Wildman–Crippen MR) is 50.2 cm³/mol. The Morgan fingerprint density at radius 2 is 1.85 bits per heavy atom. The van der Waals surface area contributed by atoms with E-state index in [1.807, 2.05) is 12.1 Å². The first-order valence-electron chi connectivity index (χ1n) is 4.58. The SMILES string of the molecule is NC1(c2ccncc2)CCOCC1. The Kier molecular flexibility index (Phi) is 2.29. The smallest absolute Gasteiger partial charge is 0.0486 e. The summed E-state index contributed by atoms with van der Waals surface area (Å²) < 4.78 is 5.29. The largest absolute Gasteiger partial charge is 0.381 e. The minimum absolute atomic E-state index is 0.193. The molecule has 0 unspecified atom stereocenters. The van der Waals surface area contributed by atoms with Crippen molar-refractivity contribution in [1.29, 1.82) is 0 Å². The van der Waals surface area contributed by atoms with Crippen molar-refractivity contribution in [1.82, 2.24) is 4.98 Å². The second kappa shape index (κ2) is 3.44. The number of pyridine rings is 1. The summed E-state index contributed by atoms with van der Waals surface area (Å²) in [5.74, 6) is 0. The maximum atomic E-state index is 6.27. The number of rotatable bonds is 1. The Hall–Kier alpha value is -0.930. The number of nitrogens with zero attached hydrogens (tertiary/aromatic N) is 1. The number of hydrogen-bond acceptors (Lipinski definition) is 3. The molecule has 1 aliphatic heterocycles. The molecule has 0 amide bonds. The van der Waals surface area contributed by atoms with Gasteiger partial charge in [-0.2, -0.15) is 0 Å². The number of aromatic nitrogens is 1. The van der Waals surface area contributed by atoms with Crippen molar-refractivity contribution in [3.8, 4) is 0 Å². The van der Waals surface area contributed by atoms with Crippen molar-refractivity contribution in [2.75, 3.05) is 13.2 Å². The van der Waals surface area contributed by atoms with Crippen LogP contribution in [0.2, 0.25) is 0 Å². The lowest BCUT2D eigenvalue weighted by atomic mass is 9.84. The van der Waals surface area contributed by atoms with Crippen molar-refractivity contribution in [3.05, 3.63) is 30.1 Å². The van der Waals surface area contributed by atoms with E-state index in [4.69, 9.17) is 10.5 Å². The Bertz CT molecular complexity index is 268. The van der Waals surface area contributed by atoms with Crippen LogP contribution >= 0.6 is 0 Å². The summed E-state index contributed by atoms with van der Waals surface area (Å²) in [4.78, 5) is 3.98. The molecular formula is C10H14N2O. The quantitative estimate of drug-likeness (QED) is 0.699. The minimum Gasteiger partial charge on any atom is -0.381 e. The van der Waals surface area contributed by atoms with Crippen LogP contribution in [0.1, 0.15) is 18.4 Å². The lowest BCUT2D eigenvalue weighted by molar-refractivity contribution is 0.0522. The van der Waals surface area contributed by atoms with Gasteiger partial charge in [0.25, 0.3) is 0 Å². The zero-order chi connectivity index (χ0) is 9.15. The summed E-state index contributed by atoms with van der Waals surface area (Å²) >= 11 is 0. The zero-order valence-electron chi connectivity index (χ0n) is 7.57. The van der Waals surface area contributed by atoms with E-state index >= 15 is 0 Å². The van der Waals surface area contributed by atoms with E-state index in [0.717, 1.165) is 26.1 Å². The minimum atomic E-state index is -0.193. The number of hydrogen-bond donors (Lipinski definition) is 1. The van der Waals surface area contributed by atoms with E-state index in [1.165, 1.54) is 5.56 Å². The molecule has 1 aromatic rings. The third-order valence-electron chi connectivity index (χ3n) is 2.64. The van der Waals surface area contributed by atoms with Gasteiger partial charge in [0.15, 0.2) is 0 Å². The second-order valence-electron chi connectivity index (χ2n) is 3.50. The van der Waals surface area contributed by atoms with Crippen LogP contribution in [0, 0.1) is 0 Å². The molecule has 13 heavy (non-hydrogen) atoms. The highest BCUT2D eigenvalue weighted by atomic mass is 16.5. The van der Waals surface area contributed by atoms with Gasteiger partial charge in [0.05, 0.1) is 0 Å². The van der Waals surface area contributed by atoms with Crippen molar-refractivity contribution in [2.24, 2.45) is 5.73 Å². The summed E-state index contributed by atoms with van der Waals surface area (Å²) in [5.41, 5.74) is 7.25. The van der Waals surface area contributed by atoms with Crippen LogP contribution in [-0.2, 0) is 10.3 Å². The number of nitrogens with two attached hydrogens (primary N) is 1. The van der Waals surface area contributed by atoms with Gasteiger partial charge in [0.1, 0.15) is 0 Å². The fourth-order valence-corrected chi connectivity index (χ4v) is 1.71. The molecule has 0 bridgehead atoms. The molecule has 1 aliphatic rings. The highest BCUT2D eigenvalue weighted by molar-refractivity contribution is 5.21. The molecule has 3 heteroatoms.